The predicted molar refractivity (Wildman–Crippen MR) is 45.5 cm³/mol. The van der Waals surface area contributed by atoms with E-state index in [2.05, 4.69) is 11.4 Å². The van der Waals surface area contributed by atoms with Crippen molar-refractivity contribution in [1.82, 2.24) is 5.32 Å². The van der Waals surface area contributed by atoms with Crippen molar-refractivity contribution in [3.8, 4) is 0 Å². The van der Waals surface area contributed by atoms with E-state index in [0.29, 0.717) is 12.2 Å². The van der Waals surface area contributed by atoms with Crippen molar-refractivity contribution in [1.29, 1.82) is 0 Å². The van der Waals surface area contributed by atoms with E-state index in [1.54, 1.807) is 0 Å². The summed E-state index contributed by atoms with van der Waals surface area (Å²) in [6.45, 7) is 0.985. The van der Waals surface area contributed by atoms with Crippen LogP contribution in [0.3, 0.4) is 0 Å². The number of ketones is 1. The van der Waals surface area contributed by atoms with E-state index >= 15 is 0 Å². The maximum Gasteiger partial charge on any atom is 0.137 e. The Kier molecular flexibility index (Phi) is 3.30. The molecule has 1 N–H and O–H groups in total. The number of allylic oxidation sites excluding steroid dienone is 1. The van der Waals surface area contributed by atoms with Crippen LogP contribution in [0.5, 0.6) is 0 Å². The molecule has 0 amide bonds. The second-order valence-corrected chi connectivity index (χ2v) is 2.97. The first-order chi connectivity index (χ1) is 5.33. The summed E-state index contributed by atoms with van der Waals surface area (Å²) >= 11 is 0. The molecule has 11 heavy (non-hydrogen) atoms. The van der Waals surface area contributed by atoms with Crippen molar-refractivity contribution in [2.75, 3.05) is 13.6 Å². The zero-order valence-corrected chi connectivity index (χ0v) is 7.02. The minimum atomic E-state index is 0.401. The average Bonchev–Trinajstić information content (AvgIpc) is 2.01. The van der Waals surface area contributed by atoms with Gasteiger partial charge in [0, 0.05) is 12.8 Å². The van der Waals surface area contributed by atoms with Crippen molar-refractivity contribution in [3.63, 3.8) is 0 Å². The minimum Gasteiger partial charge on any atom is -0.319 e. The van der Waals surface area contributed by atoms with Gasteiger partial charge in [0.2, 0.25) is 0 Å². The fourth-order valence-electron chi connectivity index (χ4n) is 1.33. The van der Waals surface area contributed by atoms with Gasteiger partial charge in [0.15, 0.2) is 0 Å². The minimum absolute atomic E-state index is 0.401. The SMILES string of the molecule is CNCCC1=CCCC(=O)C1. The smallest absolute Gasteiger partial charge is 0.137 e. The van der Waals surface area contributed by atoms with Gasteiger partial charge in [0.1, 0.15) is 5.78 Å². The monoisotopic (exact) mass is 153 g/mol. The zero-order chi connectivity index (χ0) is 8.10. The third-order valence-corrected chi connectivity index (χ3v) is 1.98. The molecular weight excluding hydrogens is 138 g/mol. The van der Waals surface area contributed by atoms with Gasteiger partial charge in [-0.25, -0.2) is 0 Å². The fraction of sp³-hybridized carbons (Fsp3) is 0.667. The van der Waals surface area contributed by atoms with Crippen LogP contribution in [-0.2, 0) is 4.79 Å². The molecule has 1 aliphatic carbocycles. The normalized spacial score (nSPS) is 18.3. The molecule has 0 unspecified atom stereocenters. The number of nitrogens with one attached hydrogen (secondary N) is 1. The third-order valence-electron chi connectivity index (χ3n) is 1.98. The number of carbonyl (C=O) groups is 1. The highest BCUT2D eigenvalue weighted by Crippen LogP contribution is 2.16. The van der Waals surface area contributed by atoms with E-state index in [-0.39, 0.29) is 0 Å². The van der Waals surface area contributed by atoms with Crippen molar-refractivity contribution in [2.24, 2.45) is 0 Å². The van der Waals surface area contributed by atoms with Gasteiger partial charge in [-0.05, 0) is 26.4 Å². The van der Waals surface area contributed by atoms with Crippen LogP contribution in [0.25, 0.3) is 0 Å². The number of carbonyl (C=O) groups excluding carboxylic acids is 1. The maximum atomic E-state index is 11.0. The van der Waals surface area contributed by atoms with Crippen molar-refractivity contribution in [2.45, 2.75) is 25.7 Å². The Morgan fingerprint density at radius 1 is 1.64 bits per heavy atom. The largest absolute Gasteiger partial charge is 0.319 e. The summed E-state index contributed by atoms with van der Waals surface area (Å²) in [7, 11) is 1.94. The van der Waals surface area contributed by atoms with E-state index in [1.807, 2.05) is 7.05 Å². The van der Waals surface area contributed by atoms with Crippen LogP contribution in [0, 0.1) is 0 Å². The second kappa shape index (κ2) is 4.29. The third kappa shape index (κ3) is 2.85. The van der Waals surface area contributed by atoms with Gasteiger partial charge in [0.25, 0.3) is 0 Å². The Hall–Kier alpha value is -0.630. The molecule has 0 bridgehead atoms. The lowest BCUT2D eigenvalue weighted by atomic mass is 9.96. The molecule has 0 aliphatic heterocycles. The van der Waals surface area contributed by atoms with Crippen LogP contribution in [0.2, 0.25) is 0 Å². The Labute approximate surface area is 67.7 Å². The van der Waals surface area contributed by atoms with Crippen molar-refractivity contribution in [3.05, 3.63) is 11.6 Å². The summed E-state index contributed by atoms with van der Waals surface area (Å²) in [5.41, 5.74) is 1.32. The lowest BCUT2D eigenvalue weighted by Crippen LogP contribution is -2.12. The van der Waals surface area contributed by atoms with Gasteiger partial charge >= 0.3 is 0 Å². The summed E-state index contributed by atoms with van der Waals surface area (Å²) in [6, 6.07) is 0. The van der Waals surface area contributed by atoms with E-state index in [4.69, 9.17) is 0 Å². The highest BCUT2D eigenvalue weighted by molar-refractivity contribution is 5.82. The van der Waals surface area contributed by atoms with Gasteiger partial charge in [-0.1, -0.05) is 11.6 Å². The quantitative estimate of drug-likeness (QED) is 0.619. The summed E-state index contributed by atoms with van der Waals surface area (Å²) in [5, 5.41) is 3.08. The first-order valence-electron chi connectivity index (χ1n) is 4.17. The number of hydrogen-bond acceptors (Lipinski definition) is 2. The molecule has 1 aliphatic rings. The van der Waals surface area contributed by atoms with Crippen LogP contribution in [0.15, 0.2) is 11.6 Å². The van der Waals surface area contributed by atoms with Gasteiger partial charge in [-0.15, -0.1) is 0 Å². The molecule has 1 rings (SSSR count). The Bertz CT molecular complexity index is 172. The number of rotatable bonds is 3. The van der Waals surface area contributed by atoms with Crippen LogP contribution in [-0.4, -0.2) is 19.4 Å². The standard InChI is InChI=1S/C9H15NO/c1-10-6-5-8-3-2-4-9(11)7-8/h3,10H,2,4-7H2,1H3. The lowest BCUT2D eigenvalue weighted by molar-refractivity contribution is -0.118. The van der Waals surface area contributed by atoms with Gasteiger partial charge in [-0.2, -0.15) is 0 Å². The van der Waals surface area contributed by atoms with Gasteiger partial charge in [0.05, 0.1) is 0 Å². The predicted octanol–water partition coefficient (Wildman–Crippen LogP) is 1.28. The molecule has 0 radical (unpaired) electrons. The summed E-state index contributed by atoms with van der Waals surface area (Å²) in [5.74, 6) is 0.401. The molecular formula is C9H15NO. The zero-order valence-electron chi connectivity index (χ0n) is 7.02. The van der Waals surface area contributed by atoms with E-state index in [9.17, 15) is 4.79 Å². The molecule has 0 aromatic rings. The van der Waals surface area contributed by atoms with E-state index in [1.165, 1.54) is 5.57 Å². The lowest BCUT2D eigenvalue weighted by Gasteiger charge is -2.10. The van der Waals surface area contributed by atoms with Crippen LogP contribution in [0.4, 0.5) is 0 Å². The first kappa shape index (κ1) is 8.47. The molecule has 0 aromatic heterocycles. The maximum absolute atomic E-state index is 11.0. The Morgan fingerprint density at radius 2 is 2.45 bits per heavy atom. The van der Waals surface area contributed by atoms with Crippen LogP contribution < -0.4 is 5.32 Å². The highest BCUT2D eigenvalue weighted by atomic mass is 16.1. The number of Topliss-reactive ketones (excluding diaryl/α,β-unsaturated/α-hetero) is 1. The molecule has 0 aromatic carbocycles. The van der Waals surface area contributed by atoms with Crippen LogP contribution in [0.1, 0.15) is 25.7 Å². The summed E-state index contributed by atoms with van der Waals surface area (Å²) in [6.07, 6.45) is 5.64. The molecule has 0 fully saturated rings. The molecule has 62 valence electrons. The van der Waals surface area contributed by atoms with E-state index < -0.39 is 0 Å². The topological polar surface area (TPSA) is 29.1 Å². The fourth-order valence-corrected chi connectivity index (χ4v) is 1.33. The molecule has 2 heteroatoms. The molecule has 2 nitrogen and oxygen atoms in total. The van der Waals surface area contributed by atoms with E-state index in [0.717, 1.165) is 25.8 Å². The summed E-state index contributed by atoms with van der Waals surface area (Å²) < 4.78 is 0. The molecule has 0 saturated heterocycles. The second-order valence-electron chi connectivity index (χ2n) is 2.97. The Morgan fingerprint density at radius 3 is 3.09 bits per heavy atom. The average molecular weight is 153 g/mol. The summed E-state index contributed by atoms with van der Waals surface area (Å²) in [4.78, 5) is 11.0. The van der Waals surface area contributed by atoms with Gasteiger partial charge < -0.3 is 5.32 Å². The molecule has 0 atom stereocenters. The Balaban J connectivity index is 2.32. The molecule has 0 saturated carbocycles. The molecule has 0 spiro atoms. The van der Waals surface area contributed by atoms with Crippen LogP contribution >= 0.6 is 0 Å². The first-order valence-corrected chi connectivity index (χ1v) is 4.17. The highest BCUT2D eigenvalue weighted by Gasteiger charge is 2.09. The molecule has 0 heterocycles. The van der Waals surface area contributed by atoms with Crippen molar-refractivity contribution >= 4 is 5.78 Å². The number of hydrogen-bond donors (Lipinski definition) is 1. The van der Waals surface area contributed by atoms with Gasteiger partial charge in [-0.3, -0.25) is 4.79 Å². The van der Waals surface area contributed by atoms with Crippen molar-refractivity contribution < 1.29 is 4.79 Å².